The number of thiophene rings is 1. The lowest BCUT2D eigenvalue weighted by molar-refractivity contribution is 0.0529. The topological polar surface area (TPSA) is 50.8 Å². The Morgan fingerprint density at radius 2 is 2.04 bits per heavy atom. The Kier molecular flexibility index (Phi) is 6.01. The molecule has 0 unspecified atom stereocenters. The zero-order valence-corrected chi connectivity index (χ0v) is 15.6. The summed E-state index contributed by atoms with van der Waals surface area (Å²) in [5.74, 6) is -0.338. The van der Waals surface area contributed by atoms with Crippen LogP contribution in [0.4, 0.5) is 5.00 Å². The van der Waals surface area contributed by atoms with Gasteiger partial charge in [-0.1, -0.05) is 30.3 Å². The van der Waals surface area contributed by atoms with Gasteiger partial charge in [0.25, 0.3) is 0 Å². The van der Waals surface area contributed by atoms with E-state index >= 15 is 0 Å². The molecule has 7 heteroatoms. The van der Waals surface area contributed by atoms with Gasteiger partial charge >= 0.3 is 5.97 Å². The molecule has 2 heterocycles. The molecule has 1 N–H and O–H groups in total. The van der Waals surface area contributed by atoms with Gasteiger partial charge in [0.2, 0.25) is 0 Å². The lowest BCUT2D eigenvalue weighted by Gasteiger charge is -2.29. The minimum atomic E-state index is -0.338. The second kappa shape index (κ2) is 8.42. The van der Waals surface area contributed by atoms with Gasteiger partial charge in [-0.25, -0.2) is 4.79 Å². The number of hydrogen-bond acceptors (Lipinski definition) is 5. The molecule has 0 bridgehead atoms. The van der Waals surface area contributed by atoms with Crippen molar-refractivity contribution >= 4 is 39.6 Å². The lowest BCUT2D eigenvalue weighted by atomic mass is 10.0. The molecule has 1 aliphatic rings. The van der Waals surface area contributed by atoms with Crippen LogP contribution in [-0.4, -0.2) is 48.9 Å². The van der Waals surface area contributed by atoms with Crippen LogP contribution in [0.3, 0.4) is 0 Å². The van der Waals surface area contributed by atoms with Crippen molar-refractivity contribution in [3.8, 4) is 11.1 Å². The first-order valence-electron chi connectivity index (χ1n) is 8.18. The summed E-state index contributed by atoms with van der Waals surface area (Å²) in [6.07, 6.45) is 0. The number of thiocarbonyl (C=S) groups is 1. The third-order valence-electron chi connectivity index (χ3n) is 3.87. The van der Waals surface area contributed by atoms with Crippen LogP contribution < -0.4 is 5.32 Å². The summed E-state index contributed by atoms with van der Waals surface area (Å²) in [6, 6.07) is 9.82. The van der Waals surface area contributed by atoms with Gasteiger partial charge in [0.05, 0.1) is 19.8 Å². The van der Waals surface area contributed by atoms with Crippen LogP contribution in [-0.2, 0) is 9.47 Å². The van der Waals surface area contributed by atoms with Gasteiger partial charge in [-0.15, -0.1) is 11.3 Å². The van der Waals surface area contributed by atoms with Crippen molar-refractivity contribution in [1.82, 2.24) is 4.90 Å². The standard InChI is InChI=1S/C18H20N2O3S2/c1-2-23-17(21)15-14(13-6-4-3-5-7-13)12-25-16(15)19-18(24)20-8-10-22-11-9-20/h3-7,12H,2,8-11H2,1H3,(H,19,24). The minimum Gasteiger partial charge on any atom is -0.462 e. The van der Waals surface area contributed by atoms with E-state index in [1.54, 1.807) is 6.92 Å². The zero-order valence-electron chi connectivity index (χ0n) is 14.0. The van der Waals surface area contributed by atoms with Crippen LogP contribution >= 0.6 is 23.6 Å². The van der Waals surface area contributed by atoms with E-state index in [0.717, 1.165) is 24.2 Å². The van der Waals surface area contributed by atoms with Crippen LogP contribution in [0.15, 0.2) is 35.7 Å². The van der Waals surface area contributed by atoms with Gasteiger partial charge < -0.3 is 19.7 Å². The van der Waals surface area contributed by atoms with E-state index in [9.17, 15) is 4.79 Å². The molecule has 1 aromatic carbocycles. The number of rotatable bonds is 4. The van der Waals surface area contributed by atoms with E-state index in [4.69, 9.17) is 21.7 Å². The number of hydrogen-bond donors (Lipinski definition) is 1. The summed E-state index contributed by atoms with van der Waals surface area (Å²) in [6.45, 7) is 4.95. The Morgan fingerprint density at radius 1 is 1.32 bits per heavy atom. The number of carbonyl (C=O) groups is 1. The SMILES string of the molecule is CCOC(=O)c1c(-c2ccccc2)csc1NC(=S)N1CCOCC1. The predicted octanol–water partition coefficient (Wildman–Crippen LogP) is 3.62. The highest BCUT2D eigenvalue weighted by Gasteiger charge is 2.23. The highest BCUT2D eigenvalue weighted by molar-refractivity contribution is 7.80. The average Bonchev–Trinajstić information content (AvgIpc) is 3.07. The first-order valence-corrected chi connectivity index (χ1v) is 9.47. The van der Waals surface area contributed by atoms with E-state index in [1.807, 2.05) is 35.7 Å². The third-order valence-corrected chi connectivity index (χ3v) is 5.13. The molecule has 2 aromatic rings. The van der Waals surface area contributed by atoms with Gasteiger partial charge in [-0.05, 0) is 24.7 Å². The summed E-state index contributed by atoms with van der Waals surface area (Å²) in [5, 5.41) is 6.52. The Balaban J connectivity index is 1.89. The van der Waals surface area contributed by atoms with Gasteiger partial charge in [-0.2, -0.15) is 0 Å². The molecular weight excluding hydrogens is 356 g/mol. The second-order valence-corrected chi connectivity index (χ2v) is 6.74. The van der Waals surface area contributed by atoms with Crippen LogP contribution in [0.1, 0.15) is 17.3 Å². The maximum Gasteiger partial charge on any atom is 0.341 e. The van der Waals surface area contributed by atoms with Gasteiger partial charge in [0, 0.05) is 24.0 Å². The molecular formula is C18H20N2O3S2. The van der Waals surface area contributed by atoms with Crippen LogP contribution in [0.5, 0.6) is 0 Å². The molecule has 1 aliphatic heterocycles. The van der Waals surface area contributed by atoms with Gasteiger partial charge in [0.1, 0.15) is 10.6 Å². The number of ether oxygens (including phenoxy) is 2. The summed E-state index contributed by atoms with van der Waals surface area (Å²) < 4.78 is 10.6. The molecule has 0 saturated carbocycles. The molecule has 3 rings (SSSR count). The molecule has 0 atom stereocenters. The first kappa shape index (κ1) is 17.8. The number of esters is 1. The first-order chi connectivity index (χ1) is 12.2. The van der Waals surface area contributed by atoms with E-state index in [0.29, 0.717) is 35.5 Å². The summed E-state index contributed by atoms with van der Waals surface area (Å²) in [7, 11) is 0. The zero-order chi connectivity index (χ0) is 17.6. The third kappa shape index (κ3) is 4.18. The van der Waals surface area contributed by atoms with Crippen molar-refractivity contribution < 1.29 is 14.3 Å². The lowest BCUT2D eigenvalue weighted by Crippen LogP contribution is -2.42. The fourth-order valence-electron chi connectivity index (χ4n) is 2.63. The molecule has 5 nitrogen and oxygen atoms in total. The van der Waals surface area contributed by atoms with Gasteiger partial charge in [0.15, 0.2) is 5.11 Å². The largest absolute Gasteiger partial charge is 0.462 e. The van der Waals surface area contributed by atoms with E-state index in [1.165, 1.54) is 11.3 Å². The van der Waals surface area contributed by atoms with Crippen molar-refractivity contribution in [3.63, 3.8) is 0 Å². The number of carbonyl (C=O) groups excluding carboxylic acids is 1. The Labute approximate surface area is 156 Å². The monoisotopic (exact) mass is 376 g/mol. The van der Waals surface area contributed by atoms with E-state index in [-0.39, 0.29) is 5.97 Å². The number of morpholine rings is 1. The molecule has 1 aromatic heterocycles. The highest BCUT2D eigenvalue weighted by Crippen LogP contribution is 2.36. The maximum atomic E-state index is 12.5. The quantitative estimate of drug-likeness (QED) is 0.650. The second-order valence-electron chi connectivity index (χ2n) is 5.47. The fraction of sp³-hybridized carbons (Fsp3) is 0.333. The van der Waals surface area contributed by atoms with Crippen molar-refractivity contribution in [2.45, 2.75) is 6.92 Å². The molecule has 1 saturated heterocycles. The number of anilines is 1. The molecule has 132 valence electrons. The summed E-state index contributed by atoms with van der Waals surface area (Å²) in [4.78, 5) is 14.6. The number of nitrogens with zero attached hydrogens (tertiary/aromatic N) is 1. The van der Waals surface area contributed by atoms with Crippen LogP contribution in [0.2, 0.25) is 0 Å². The maximum absolute atomic E-state index is 12.5. The smallest absolute Gasteiger partial charge is 0.341 e. The molecule has 1 fully saturated rings. The fourth-order valence-corrected chi connectivity index (χ4v) is 3.93. The number of benzene rings is 1. The normalized spacial score (nSPS) is 14.2. The van der Waals surface area contributed by atoms with Crippen LogP contribution in [0, 0.1) is 0 Å². The predicted molar refractivity (Wildman–Crippen MR) is 104 cm³/mol. The Morgan fingerprint density at radius 3 is 2.72 bits per heavy atom. The van der Waals surface area contributed by atoms with E-state index in [2.05, 4.69) is 10.2 Å². The van der Waals surface area contributed by atoms with Gasteiger partial charge in [-0.3, -0.25) is 0 Å². The summed E-state index contributed by atoms with van der Waals surface area (Å²) in [5.41, 5.74) is 2.37. The van der Waals surface area contributed by atoms with Crippen molar-refractivity contribution in [2.24, 2.45) is 0 Å². The van der Waals surface area contributed by atoms with E-state index < -0.39 is 0 Å². The summed E-state index contributed by atoms with van der Waals surface area (Å²) >= 11 is 6.97. The molecule has 0 aliphatic carbocycles. The van der Waals surface area contributed by atoms with Crippen molar-refractivity contribution in [3.05, 3.63) is 41.3 Å². The minimum absolute atomic E-state index is 0.330. The number of nitrogens with one attached hydrogen (secondary N) is 1. The van der Waals surface area contributed by atoms with Crippen molar-refractivity contribution in [2.75, 3.05) is 38.2 Å². The molecule has 0 radical (unpaired) electrons. The van der Waals surface area contributed by atoms with Crippen molar-refractivity contribution in [1.29, 1.82) is 0 Å². The highest BCUT2D eigenvalue weighted by atomic mass is 32.1. The Hall–Kier alpha value is -1.96. The molecule has 0 amide bonds. The average molecular weight is 377 g/mol. The van der Waals surface area contributed by atoms with Crippen LogP contribution in [0.25, 0.3) is 11.1 Å². The Bertz CT molecular complexity index is 740. The molecule has 0 spiro atoms. The molecule has 25 heavy (non-hydrogen) atoms.